The summed E-state index contributed by atoms with van der Waals surface area (Å²) < 4.78 is 0. The first-order valence-electron chi connectivity index (χ1n) is 3.59. The van der Waals surface area contributed by atoms with Crippen molar-refractivity contribution in [3.63, 3.8) is 0 Å². The fourth-order valence-electron chi connectivity index (χ4n) is 0.726. The van der Waals surface area contributed by atoms with E-state index in [1.54, 1.807) is 12.1 Å². The van der Waals surface area contributed by atoms with Gasteiger partial charge in [0.1, 0.15) is 0 Å². The Morgan fingerprint density at radius 2 is 2.38 bits per heavy atom. The van der Waals surface area contributed by atoms with Crippen LogP contribution < -0.4 is 5.73 Å². The fraction of sp³-hybridized carbons (Fsp3) is 0.111. The summed E-state index contributed by atoms with van der Waals surface area (Å²) in [5.41, 5.74) is 5.98. The van der Waals surface area contributed by atoms with Crippen LogP contribution in [0.15, 0.2) is 18.3 Å². The second kappa shape index (κ2) is 4.24. The summed E-state index contributed by atoms with van der Waals surface area (Å²) in [7, 11) is 0. The Kier molecular flexibility index (Phi) is 3.01. The first-order chi connectivity index (χ1) is 6.22. The molecule has 13 heavy (non-hydrogen) atoms. The van der Waals surface area contributed by atoms with Crippen molar-refractivity contribution in [2.24, 2.45) is 5.73 Å². The van der Waals surface area contributed by atoms with Gasteiger partial charge in [0, 0.05) is 17.7 Å². The molecule has 0 atom stereocenters. The number of nitrogens with zero attached hydrogens (tertiary/aromatic N) is 1. The van der Waals surface area contributed by atoms with Crippen LogP contribution in [-0.2, 0) is 11.4 Å². The van der Waals surface area contributed by atoms with Gasteiger partial charge in [-0.3, -0.25) is 9.78 Å². The standard InChI is InChI=1S/C9H8N2O2/c10-9(13)4-2-7-1-3-8(6-12)11-5-7/h1,3,5,12H,6H2,(H2,10,13). The molecule has 66 valence electrons. The zero-order chi connectivity index (χ0) is 9.68. The molecule has 0 aromatic carbocycles. The van der Waals surface area contributed by atoms with E-state index >= 15 is 0 Å². The summed E-state index contributed by atoms with van der Waals surface area (Å²) in [6.07, 6.45) is 1.47. The van der Waals surface area contributed by atoms with Crippen molar-refractivity contribution in [2.45, 2.75) is 6.61 Å². The lowest BCUT2D eigenvalue weighted by Gasteiger charge is -1.93. The molecule has 4 heteroatoms. The quantitative estimate of drug-likeness (QED) is 0.561. The van der Waals surface area contributed by atoms with Crippen LogP contribution in [0.5, 0.6) is 0 Å². The van der Waals surface area contributed by atoms with Gasteiger partial charge in [0.15, 0.2) is 0 Å². The summed E-state index contributed by atoms with van der Waals surface area (Å²) in [6.45, 7) is -0.108. The molecule has 1 amide bonds. The van der Waals surface area contributed by atoms with Gasteiger partial charge < -0.3 is 10.8 Å². The second-order valence-corrected chi connectivity index (χ2v) is 2.31. The van der Waals surface area contributed by atoms with Gasteiger partial charge in [-0.2, -0.15) is 0 Å². The topological polar surface area (TPSA) is 76.2 Å². The van der Waals surface area contributed by atoms with Gasteiger partial charge in [0.25, 0.3) is 5.91 Å². The number of aliphatic hydroxyl groups excluding tert-OH is 1. The number of aromatic nitrogens is 1. The molecule has 0 unspecified atom stereocenters. The van der Waals surface area contributed by atoms with E-state index in [1.807, 2.05) is 0 Å². The molecule has 0 aliphatic rings. The summed E-state index contributed by atoms with van der Waals surface area (Å²) >= 11 is 0. The number of primary amides is 1. The number of pyridine rings is 1. The Hall–Kier alpha value is -1.86. The van der Waals surface area contributed by atoms with E-state index in [0.29, 0.717) is 11.3 Å². The highest BCUT2D eigenvalue weighted by atomic mass is 16.3. The maximum atomic E-state index is 10.3. The van der Waals surface area contributed by atoms with Crippen molar-refractivity contribution < 1.29 is 9.90 Å². The zero-order valence-corrected chi connectivity index (χ0v) is 6.82. The van der Waals surface area contributed by atoms with Gasteiger partial charge in [-0.15, -0.1) is 0 Å². The lowest BCUT2D eigenvalue weighted by Crippen LogP contribution is -2.06. The van der Waals surface area contributed by atoms with Crippen molar-refractivity contribution in [2.75, 3.05) is 0 Å². The normalized spacial score (nSPS) is 8.69. The highest BCUT2D eigenvalue weighted by molar-refractivity contribution is 5.92. The second-order valence-electron chi connectivity index (χ2n) is 2.31. The minimum atomic E-state index is -0.675. The van der Waals surface area contributed by atoms with E-state index in [1.165, 1.54) is 6.20 Å². The van der Waals surface area contributed by atoms with Crippen LogP contribution in [0.4, 0.5) is 0 Å². The highest BCUT2D eigenvalue weighted by Crippen LogP contribution is 1.97. The number of hydrogen-bond acceptors (Lipinski definition) is 3. The lowest BCUT2D eigenvalue weighted by molar-refractivity contribution is -0.112. The van der Waals surface area contributed by atoms with Crippen LogP contribution in [-0.4, -0.2) is 16.0 Å². The van der Waals surface area contributed by atoms with E-state index < -0.39 is 5.91 Å². The minimum Gasteiger partial charge on any atom is -0.390 e. The Balaban J connectivity index is 2.83. The molecule has 0 fully saturated rings. The van der Waals surface area contributed by atoms with Gasteiger partial charge in [0.2, 0.25) is 0 Å². The first kappa shape index (κ1) is 9.23. The molecule has 0 saturated carbocycles. The number of amides is 1. The molecule has 4 nitrogen and oxygen atoms in total. The van der Waals surface area contributed by atoms with Gasteiger partial charge in [-0.1, -0.05) is 5.92 Å². The summed E-state index contributed by atoms with van der Waals surface area (Å²) in [5.74, 6) is 4.04. The average molecular weight is 176 g/mol. The molecule has 0 radical (unpaired) electrons. The third kappa shape index (κ3) is 2.93. The third-order valence-corrected chi connectivity index (χ3v) is 1.32. The molecule has 0 bridgehead atoms. The van der Waals surface area contributed by atoms with Crippen LogP contribution in [0.2, 0.25) is 0 Å². The van der Waals surface area contributed by atoms with Crippen LogP contribution in [0.25, 0.3) is 0 Å². The molecule has 1 heterocycles. The Morgan fingerprint density at radius 1 is 1.62 bits per heavy atom. The fourth-order valence-corrected chi connectivity index (χ4v) is 0.726. The maximum Gasteiger partial charge on any atom is 0.293 e. The Bertz CT molecular complexity index is 359. The highest BCUT2D eigenvalue weighted by Gasteiger charge is 1.91. The molecule has 1 aromatic heterocycles. The van der Waals surface area contributed by atoms with E-state index in [9.17, 15) is 4.79 Å². The van der Waals surface area contributed by atoms with Gasteiger partial charge in [-0.25, -0.2) is 0 Å². The largest absolute Gasteiger partial charge is 0.390 e. The minimum absolute atomic E-state index is 0.108. The van der Waals surface area contributed by atoms with E-state index in [2.05, 4.69) is 16.8 Å². The third-order valence-electron chi connectivity index (χ3n) is 1.32. The van der Waals surface area contributed by atoms with Crippen LogP contribution in [0.3, 0.4) is 0 Å². The van der Waals surface area contributed by atoms with Crippen LogP contribution >= 0.6 is 0 Å². The zero-order valence-electron chi connectivity index (χ0n) is 6.82. The lowest BCUT2D eigenvalue weighted by atomic mass is 10.2. The summed E-state index contributed by atoms with van der Waals surface area (Å²) in [6, 6.07) is 3.29. The molecule has 3 N–H and O–H groups in total. The van der Waals surface area contributed by atoms with Crippen molar-refractivity contribution in [1.82, 2.24) is 4.98 Å². The van der Waals surface area contributed by atoms with Gasteiger partial charge in [0.05, 0.1) is 12.3 Å². The molecule has 0 aliphatic carbocycles. The Labute approximate surface area is 75.4 Å². The predicted octanol–water partition coefficient (Wildman–Crippen LogP) is -0.589. The van der Waals surface area contributed by atoms with Crippen molar-refractivity contribution in [3.8, 4) is 11.8 Å². The molecule has 0 spiro atoms. The molecule has 0 aliphatic heterocycles. The monoisotopic (exact) mass is 176 g/mol. The van der Waals surface area contributed by atoms with Crippen LogP contribution in [0.1, 0.15) is 11.3 Å². The Morgan fingerprint density at radius 3 is 2.85 bits per heavy atom. The van der Waals surface area contributed by atoms with Gasteiger partial charge >= 0.3 is 0 Å². The average Bonchev–Trinajstić information content (AvgIpc) is 2.15. The molecule has 0 saturated heterocycles. The molecular weight excluding hydrogens is 168 g/mol. The number of rotatable bonds is 1. The predicted molar refractivity (Wildman–Crippen MR) is 46.2 cm³/mol. The van der Waals surface area contributed by atoms with Crippen molar-refractivity contribution >= 4 is 5.91 Å². The summed E-state index contributed by atoms with van der Waals surface area (Å²) in [4.78, 5) is 14.2. The van der Waals surface area contributed by atoms with Gasteiger partial charge in [-0.05, 0) is 12.1 Å². The smallest absolute Gasteiger partial charge is 0.293 e. The van der Waals surface area contributed by atoms with E-state index in [0.717, 1.165) is 0 Å². The van der Waals surface area contributed by atoms with Crippen molar-refractivity contribution in [3.05, 3.63) is 29.6 Å². The maximum absolute atomic E-state index is 10.3. The first-order valence-corrected chi connectivity index (χ1v) is 3.59. The van der Waals surface area contributed by atoms with E-state index in [-0.39, 0.29) is 6.61 Å². The number of hydrogen-bond donors (Lipinski definition) is 2. The molecule has 1 rings (SSSR count). The SMILES string of the molecule is NC(=O)C#Cc1ccc(CO)nc1. The molecular formula is C9H8N2O2. The number of nitrogens with two attached hydrogens (primary N) is 1. The van der Waals surface area contributed by atoms with Crippen LogP contribution in [0, 0.1) is 11.8 Å². The molecule has 1 aromatic rings. The summed E-state index contributed by atoms with van der Waals surface area (Å²) in [5, 5.41) is 8.67. The number of carbonyl (C=O) groups is 1. The van der Waals surface area contributed by atoms with Crippen molar-refractivity contribution in [1.29, 1.82) is 0 Å². The number of aliphatic hydroxyl groups is 1. The van der Waals surface area contributed by atoms with E-state index in [4.69, 9.17) is 10.8 Å². The number of carbonyl (C=O) groups excluding carboxylic acids is 1.